The van der Waals surface area contributed by atoms with E-state index in [-0.39, 0.29) is 24.7 Å². The Bertz CT molecular complexity index is 617. The number of carbonyl (C=O) groups excluding carboxylic acids is 2. The van der Waals surface area contributed by atoms with Crippen molar-refractivity contribution in [1.29, 1.82) is 0 Å². The molecule has 0 radical (unpaired) electrons. The molecule has 0 saturated carbocycles. The number of hydrogen-bond acceptors (Lipinski definition) is 3. The van der Waals surface area contributed by atoms with E-state index in [4.69, 9.17) is 4.74 Å². The molecule has 0 aromatic heterocycles. The molecule has 0 heterocycles. The second kappa shape index (κ2) is 6.70. The van der Waals surface area contributed by atoms with Gasteiger partial charge < -0.3 is 10.1 Å². The zero-order valence-corrected chi connectivity index (χ0v) is 11.4. The Labute approximate surface area is 117 Å². The third kappa shape index (κ3) is 3.57. The standard InChI is InChI=1S/C16H17NO3/c1-2-20-16(19)11-10-15(18)17-14-9-5-7-12-6-3-4-8-13(12)14/h3-9H,2,10-11H2,1H3,(H,17,18). The summed E-state index contributed by atoms with van der Waals surface area (Å²) in [5, 5.41) is 4.89. The lowest BCUT2D eigenvalue weighted by atomic mass is 10.1. The fourth-order valence-corrected chi connectivity index (χ4v) is 2.00. The summed E-state index contributed by atoms with van der Waals surface area (Å²) in [7, 11) is 0. The highest BCUT2D eigenvalue weighted by Gasteiger charge is 2.09. The molecule has 4 heteroatoms. The van der Waals surface area contributed by atoms with Crippen LogP contribution in [0.2, 0.25) is 0 Å². The van der Waals surface area contributed by atoms with Gasteiger partial charge >= 0.3 is 5.97 Å². The second-order valence-electron chi connectivity index (χ2n) is 4.38. The maximum absolute atomic E-state index is 11.8. The minimum atomic E-state index is -0.347. The van der Waals surface area contributed by atoms with Crippen molar-refractivity contribution in [2.45, 2.75) is 19.8 Å². The Morgan fingerprint density at radius 2 is 1.80 bits per heavy atom. The average Bonchev–Trinajstić information content (AvgIpc) is 2.46. The van der Waals surface area contributed by atoms with Gasteiger partial charge in [-0.15, -0.1) is 0 Å². The van der Waals surface area contributed by atoms with Crippen molar-refractivity contribution in [3.05, 3.63) is 42.5 Å². The highest BCUT2D eigenvalue weighted by Crippen LogP contribution is 2.23. The van der Waals surface area contributed by atoms with E-state index in [2.05, 4.69) is 5.32 Å². The minimum Gasteiger partial charge on any atom is -0.466 e. The molecule has 2 rings (SSSR count). The van der Waals surface area contributed by atoms with Gasteiger partial charge in [-0.25, -0.2) is 0 Å². The summed E-state index contributed by atoms with van der Waals surface area (Å²) in [6.07, 6.45) is 0.229. The Morgan fingerprint density at radius 1 is 1.05 bits per heavy atom. The predicted molar refractivity (Wildman–Crippen MR) is 78.4 cm³/mol. The van der Waals surface area contributed by atoms with Crippen LogP contribution in [-0.4, -0.2) is 18.5 Å². The highest BCUT2D eigenvalue weighted by molar-refractivity contribution is 6.02. The average molecular weight is 271 g/mol. The summed E-state index contributed by atoms with van der Waals surface area (Å²) >= 11 is 0. The first-order valence-corrected chi connectivity index (χ1v) is 6.64. The van der Waals surface area contributed by atoms with Gasteiger partial charge in [0.05, 0.1) is 13.0 Å². The van der Waals surface area contributed by atoms with Crippen LogP contribution in [0.25, 0.3) is 10.8 Å². The van der Waals surface area contributed by atoms with Crippen LogP contribution in [0.1, 0.15) is 19.8 Å². The van der Waals surface area contributed by atoms with Crippen LogP contribution >= 0.6 is 0 Å². The lowest BCUT2D eigenvalue weighted by Crippen LogP contribution is -2.14. The van der Waals surface area contributed by atoms with Gasteiger partial charge in [0, 0.05) is 17.5 Å². The molecule has 0 fully saturated rings. The van der Waals surface area contributed by atoms with Crippen molar-refractivity contribution in [2.24, 2.45) is 0 Å². The van der Waals surface area contributed by atoms with Crippen molar-refractivity contribution in [2.75, 3.05) is 11.9 Å². The molecule has 4 nitrogen and oxygen atoms in total. The largest absolute Gasteiger partial charge is 0.466 e. The molecule has 0 aliphatic carbocycles. The van der Waals surface area contributed by atoms with E-state index in [0.717, 1.165) is 16.5 Å². The summed E-state index contributed by atoms with van der Waals surface area (Å²) in [6.45, 7) is 2.08. The number of carbonyl (C=O) groups is 2. The maximum atomic E-state index is 11.8. The Balaban J connectivity index is 2.01. The van der Waals surface area contributed by atoms with E-state index in [0.29, 0.717) is 6.61 Å². The lowest BCUT2D eigenvalue weighted by Gasteiger charge is -2.08. The van der Waals surface area contributed by atoms with Crippen molar-refractivity contribution in [3.8, 4) is 0 Å². The number of ether oxygens (including phenoxy) is 1. The Kier molecular flexibility index (Phi) is 4.71. The van der Waals surface area contributed by atoms with E-state index in [9.17, 15) is 9.59 Å². The van der Waals surface area contributed by atoms with Gasteiger partial charge in [0.1, 0.15) is 0 Å². The van der Waals surface area contributed by atoms with Crippen LogP contribution in [0, 0.1) is 0 Å². The van der Waals surface area contributed by atoms with Crippen molar-refractivity contribution >= 4 is 28.3 Å². The predicted octanol–water partition coefficient (Wildman–Crippen LogP) is 3.12. The van der Waals surface area contributed by atoms with E-state index >= 15 is 0 Å². The fraction of sp³-hybridized carbons (Fsp3) is 0.250. The zero-order valence-electron chi connectivity index (χ0n) is 11.4. The first kappa shape index (κ1) is 14.1. The number of esters is 1. The molecule has 0 saturated heterocycles. The lowest BCUT2D eigenvalue weighted by molar-refractivity contribution is -0.144. The Morgan fingerprint density at radius 3 is 2.60 bits per heavy atom. The van der Waals surface area contributed by atoms with Gasteiger partial charge in [-0.3, -0.25) is 9.59 Å². The SMILES string of the molecule is CCOC(=O)CCC(=O)Nc1cccc2ccccc12. The van der Waals surface area contributed by atoms with Crippen LogP contribution in [0.5, 0.6) is 0 Å². The van der Waals surface area contributed by atoms with Crippen molar-refractivity contribution < 1.29 is 14.3 Å². The van der Waals surface area contributed by atoms with Gasteiger partial charge in [0.15, 0.2) is 0 Å². The van der Waals surface area contributed by atoms with E-state index in [1.165, 1.54) is 0 Å². The molecule has 104 valence electrons. The first-order valence-electron chi connectivity index (χ1n) is 6.64. The van der Waals surface area contributed by atoms with E-state index in [1.54, 1.807) is 6.92 Å². The van der Waals surface area contributed by atoms with Crippen LogP contribution in [0.4, 0.5) is 5.69 Å². The van der Waals surface area contributed by atoms with E-state index in [1.807, 2.05) is 42.5 Å². The number of rotatable bonds is 5. The second-order valence-corrected chi connectivity index (χ2v) is 4.38. The molecular weight excluding hydrogens is 254 g/mol. The van der Waals surface area contributed by atoms with Gasteiger partial charge in [-0.05, 0) is 18.4 Å². The smallest absolute Gasteiger partial charge is 0.306 e. The first-order chi connectivity index (χ1) is 9.70. The molecule has 2 aromatic rings. The van der Waals surface area contributed by atoms with Crippen molar-refractivity contribution in [1.82, 2.24) is 0 Å². The minimum absolute atomic E-state index is 0.102. The Hall–Kier alpha value is -2.36. The molecule has 0 bridgehead atoms. The normalized spacial score (nSPS) is 10.2. The molecule has 20 heavy (non-hydrogen) atoms. The van der Waals surface area contributed by atoms with E-state index < -0.39 is 0 Å². The quantitative estimate of drug-likeness (QED) is 0.850. The molecular formula is C16H17NO3. The van der Waals surface area contributed by atoms with Gasteiger partial charge in [-0.1, -0.05) is 36.4 Å². The van der Waals surface area contributed by atoms with Crippen LogP contribution in [-0.2, 0) is 14.3 Å². The van der Waals surface area contributed by atoms with Crippen molar-refractivity contribution in [3.63, 3.8) is 0 Å². The molecule has 1 N–H and O–H groups in total. The summed E-state index contributed by atoms with van der Waals surface area (Å²) in [5.41, 5.74) is 0.761. The number of anilines is 1. The van der Waals surface area contributed by atoms with Crippen LogP contribution < -0.4 is 5.32 Å². The molecule has 1 amide bonds. The molecule has 2 aromatic carbocycles. The number of benzene rings is 2. The summed E-state index contributed by atoms with van der Waals surface area (Å²) in [5.74, 6) is -0.532. The third-order valence-electron chi connectivity index (χ3n) is 2.93. The monoisotopic (exact) mass is 271 g/mol. The summed E-state index contributed by atoms with van der Waals surface area (Å²) < 4.78 is 4.79. The number of amides is 1. The topological polar surface area (TPSA) is 55.4 Å². The third-order valence-corrected chi connectivity index (χ3v) is 2.93. The van der Waals surface area contributed by atoms with Gasteiger partial charge in [0.25, 0.3) is 0 Å². The molecule has 0 unspecified atom stereocenters. The molecule has 0 aliphatic heterocycles. The van der Waals surface area contributed by atoms with Crippen LogP contribution in [0.3, 0.4) is 0 Å². The maximum Gasteiger partial charge on any atom is 0.306 e. The molecule has 0 atom stereocenters. The number of fused-ring (bicyclic) bond motifs is 1. The highest BCUT2D eigenvalue weighted by atomic mass is 16.5. The van der Waals surface area contributed by atoms with Gasteiger partial charge in [0.2, 0.25) is 5.91 Å². The molecule has 0 spiro atoms. The zero-order chi connectivity index (χ0) is 14.4. The van der Waals surface area contributed by atoms with Crippen LogP contribution in [0.15, 0.2) is 42.5 Å². The van der Waals surface area contributed by atoms with Gasteiger partial charge in [-0.2, -0.15) is 0 Å². The number of hydrogen-bond donors (Lipinski definition) is 1. The molecule has 0 aliphatic rings. The summed E-state index contributed by atoms with van der Waals surface area (Å²) in [6, 6.07) is 13.6. The fourth-order valence-electron chi connectivity index (χ4n) is 2.00. The number of nitrogens with one attached hydrogen (secondary N) is 1. The summed E-state index contributed by atoms with van der Waals surface area (Å²) in [4.78, 5) is 23.1.